The molecule has 0 spiro atoms. The average molecular weight is 280 g/mol. The summed E-state index contributed by atoms with van der Waals surface area (Å²) >= 11 is 2.07. The van der Waals surface area contributed by atoms with Gasteiger partial charge in [0.25, 0.3) is 0 Å². The van der Waals surface area contributed by atoms with Crippen LogP contribution in [0.25, 0.3) is 0 Å². The molecule has 0 saturated carbocycles. The van der Waals surface area contributed by atoms with Crippen molar-refractivity contribution < 1.29 is 0 Å². The molecular formula is C14H24N4S. The van der Waals surface area contributed by atoms with Crippen LogP contribution in [0.15, 0.2) is 0 Å². The fraction of sp³-hybridized carbons (Fsp3) is 0.714. The van der Waals surface area contributed by atoms with Crippen LogP contribution in [0.2, 0.25) is 0 Å². The Bertz CT molecular complexity index is 441. The van der Waals surface area contributed by atoms with Gasteiger partial charge in [-0.15, -0.1) is 0 Å². The van der Waals surface area contributed by atoms with Gasteiger partial charge in [-0.25, -0.2) is 9.97 Å². The summed E-state index contributed by atoms with van der Waals surface area (Å²) in [5.41, 5.74) is 1.11. The van der Waals surface area contributed by atoms with Gasteiger partial charge in [0, 0.05) is 23.4 Å². The number of thioether (sulfide) groups is 1. The monoisotopic (exact) mass is 280 g/mol. The van der Waals surface area contributed by atoms with Gasteiger partial charge in [0.05, 0.1) is 0 Å². The number of nitrogens with one attached hydrogen (secondary N) is 2. The zero-order chi connectivity index (χ0) is 13.9. The van der Waals surface area contributed by atoms with Crippen molar-refractivity contribution >= 4 is 23.4 Å². The van der Waals surface area contributed by atoms with Crippen molar-refractivity contribution in [2.45, 2.75) is 45.3 Å². The Morgan fingerprint density at radius 1 is 1.21 bits per heavy atom. The number of rotatable bonds is 5. The Hall–Kier alpha value is -0.970. The summed E-state index contributed by atoms with van der Waals surface area (Å²) in [5, 5.41) is 6.82. The molecule has 1 aliphatic rings. The minimum atomic E-state index is 0.351. The molecule has 5 heteroatoms. The smallest absolute Gasteiger partial charge is 0.134 e. The Labute approximate surface area is 120 Å². The van der Waals surface area contributed by atoms with Crippen LogP contribution in [0.1, 0.15) is 38.1 Å². The Balaban J connectivity index is 2.11. The van der Waals surface area contributed by atoms with E-state index in [4.69, 9.17) is 0 Å². The first kappa shape index (κ1) is 14.4. The molecule has 0 amide bonds. The molecule has 0 aliphatic carbocycles. The van der Waals surface area contributed by atoms with Crippen LogP contribution in [0, 0.1) is 13.8 Å². The standard InChI is InChI=1S/C14H24N4S/c1-5-15-12-10(2)13(18-11(3)17-12)16-9-14(4)7-6-8-19-14/h5-9H2,1-4H3,(H2,15,16,17,18). The van der Waals surface area contributed by atoms with Gasteiger partial charge in [-0.2, -0.15) is 11.8 Å². The molecule has 19 heavy (non-hydrogen) atoms. The summed E-state index contributed by atoms with van der Waals surface area (Å²) in [4.78, 5) is 8.99. The topological polar surface area (TPSA) is 49.8 Å². The molecule has 1 aromatic heterocycles. The summed E-state index contributed by atoms with van der Waals surface area (Å²) in [7, 11) is 0. The van der Waals surface area contributed by atoms with Gasteiger partial charge in [0.1, 0.15) is 17.5 Å². The summed E-state index contributed by atoms with van der Waals surface area (Å²) in [6.07, 6.45) is 2.61. The lowest BCUT2D eigenvalue weighted by Crippen LogP contribution is -2.28. The van der Waals surface area contributed by atoms with Crippen LogP contribution in [0.5, 0.6) is 0 Å². The van der Waals surface area contributed by atoms with Crippen molar-refractivity contribution in [3.05, 3.63) is 11.4 Å². The van der Waals surface area contributed by atoms with Crippen LogP contribution >= 0.6 is 11.8 Å². The van der Waals surface area contributed by atoms with Crippen molar-refractivity contribution in [3.63, 3.8) is 0 Å². The number of anilines is 2. The van der Waals surface area contributed by atoms with E-state index in [1.807, 2.05) is 6.92 Å². The van der Waals surface area contributed by atoms with Crippen LogP contribution in [0.4, 0.5) is 11.6 Å². The van der Waals surface area contributed by atoms with E-state index in [1.165, 1.54) is 18.6 Å². The molecule has 2 heterocycles. The minimum Gasteiger partial charge on any atom is -0.370 e. The van der Waals surface area contributed by atoms with Gasteiger partial charge >= 0.3 is 0 Å². The zero-order valence-electron chi connectivity index (χ0n) is 12.3. The van der Waals surface area contributed by atoms with Crippen LogP contribution < -0.4 is 10.6 Å². The summed E-state index contributed by atoms with van der Waals surface area (Å²) in [5.74, 6) is 4.01. The molecule has 0 bridgehead atoms. The maximum atomic E-state index is 4.54. The lowest BCUT2D eigenvalue weighted by molar-refractivity contribution is 0.633. The van der Waals surface area contributed by atoms with Crippen LogP contribution in [-0.4, -0.2) is 33.6 Å². The van der Waals surface area contributed by atoms with Gasteiger partial charge in [-0.1, -0.05) is 0 Å². The minimum absolute atomic E-state index is 0.351. The van der Waals surface area contributed by atoms with E-state index in [0.717, 1.165) is 36.1 Å². The number of hydrogen-bond donors (Lipinski definition) is 2. The molecule has 4 nitrogen and oxygen atoms in total. The van der Waals surface area contributed by atoms with E-state index in [2.05, 4.69) is 53.1 Å². The molecule has 1 unspecified atom stereocenters. The van der Waals surface area contributed by atoms with E-state index in [1.54, 1.807) is 0 Å². The Kier molecular flexibility index (Phi) is 4.55. The molecule has 1 atom stereocenters. The maximum Gasteiger partial charge on any atom is 0.134 e. The molecule has 0 aromatic carbocycles. The summed E-state index contributed by atoms with van der Waals surface area (Å²) < 4.78 is 0.351. The average Bonchev–Trinajstić information content (AvgIpc) is 2.79. The van der Waals surface area contributed by atoms with Crippen molar-refractivity contribution in [3.8, 4) is 0 Å². The highest BCUT2D eigenvalue weighted by molar-refractivity contribution is 8.00. The first-order valence-electron chi connectivity index (χ1n) is 7.01. The van der Waals surface area contributed by atoms with Crippen molar-refractivity contribution in [2.75, 3.05) is 29.5 Å². The van der Waals surface area contributed by atoms with Crippen molar-refractivity contribution in [2.24, 2.45) is 0 Å². The van der Waals surface area contributed by atoms with Crippen LogP contribution in [0.3, 0.4) is 0 Å². The second-order valence-corrected chi connectivity index (χ2v) is 7.06. The van der Waals surface area contributed by atoms with E-state index >= 15 is 0 Å². The van der Waals surface area contributed by atoms with Gasteiger partial charge in [-0.3, -0.25) is 0 Å². The largest absolute Gasteiger partial charge is 0.370 e. The predicted molar refractivity (Wildman–Crippen MR) is 84.3 cm³/mol. The third kappa shape index (κ3) is 3.53. The number of aryl methyl sites for hydroxylation is 1. The van der Waals surface area contributed by atoms with E-state index in [9.17, 15) is 0 Å². The van der Waals surface area contributed by atoms with E-state index in [-0.39, 0.29) is 0 Å². The highest BCUT2D eigenvalue weighted by Crippen LogP contribution is 2.37. The fourth-order valence-electron chi connectivity index (χ4n) is 2.39. The molecular weight excluding hydrogens is 256 g/mol. The zero-order valence-corrected chi connectivity index (χ0v) is 13.2. The molecule has 2 N–H and O–H groups in total. The summed E-state index contributed by atoms with van der Waals surface area (Å²) in [6.45, 7) is 10.3. The Morgan fingerprint density at radius 3 is 2.47 bits per heavy atom. The lowest BCUT2D eigenvalue weighted by Gasteiger charge is -2.24. The maximum absolute atomic E-state index is 4.54. The fourth-order valence-corrected chi connectivity index (χ4v) is 3.63. The normalized spacial score (nSPS) is 22.5. The predicted octanol–water partition coefficient (Wildman–Crippen LogP) is 3.22. The molecule has 1 fully saturated rings. The molecule has 2 rings (SSSR count). The van der Waals surface area contributed by atoms with Gasteiger partial charge in [-0.05, 0) is 46.3 Å². The number of hydrogen-bond acceptors (Lipinski definition) is 5. The molecule has 1 aliphatic heterocycles. The van der Waals surface area contributed by atoms with Gasteiger partial charge in [0.2, 0.25) is 0 Å². The third-order valence-electron chi connectivity index (χ3n) is 3.53. The van der Waals surface area contributed by atoms with Crippen molar-refractivity contribution in [1.82, 2.24) is 9.97 Å². The van der Waals surface area contributed by atoms with Gasteiger partial charge in [0.15, 0.2) is 0 Å². The molecule has 1 aromatic rings. The molecule has 0 radical (unpaired) electrons. The lowest BCUT2D eigenvalue weighted by atomic mass is 10.1. The van der Waals surface area contributed by atoms with Crippen molar-refractivity contribution in [1.29, 1.82) is 0 Å². The summed E-state index contributed by atoms with van der Waals surface area (Å²) in [6, 6.07) is 0. The third-order valence-corrected chi connectivity index (χ3v) is 5.07. The van der Waals surface area contributed by atoms with Gasteiger partial charge < -0.3 is 10.6 Å². The second kappa shape index (κ2) is 5.99. The highest BCUT2D eigenvalue weighted by atomic mass is 32.2. The Morgan fingerprint density at radius 2 is 1.89 bits per heavy atom. The quantitative estimate of drug-likeness (QED) is 0.867. The molecule has 106 valence electrons. The number of nitrogens with zero attached hydrogens (tertiary/aromatic N) is 2. The van der Waals surface area contributed by atoms with E-state index in [0.29, 0.717) is 4.75 Å². The first-order chi connectivity index (χ1) is 9.04. The first-order valence-corrected chi connectivity index (χ1v) is 7.99. The molecule has 1 saturated heterocycles. The SMILES string of the molecule is CCNc1nc(C)nc(NCC2(C)CCCS2)c1C. The van der Waals surface area contributed by atoms with E-state index < -0.39 is 0 Å². The van der Waals surface area contributed by atoms with Crippen LogP contribution in [-0.2, 0) is 0 Å². The second-order valence-electron chi connectivity index (χ2n) is 5.38. The number of aromatic nitrogens is 2. The highest BCUT2D eigenvalue weighted by Gasteiger charge is 2.29.